The molecular formula is C18H15Cl2NO5. The van der Waals surface area contributed by atoms with Crippen LogP contribution in [0.4, 0.5) is 5.69 Å². The number of carbonyl (C=O) groups excluding carboxylic acids is 2. The predicted molar refractivity (Wildman–Crippen MR) is 97.1 cm³/mol. The summed E-state index contributed by atoms with van der Waals surface area (Å²) in [4.78, 5) is 24.1. The summed E-state index contributed by atoms with van der Waals surface area (Å²) < 4.78 is 16.0. The molecule has 26 heavy (non-hydrogen) atoms. The number of halogens is 2. The third-order valence-electron chi connectivity index (χ3n) is 3.67. The smallest absolute Gasteiger partial charge is 0.351 e. The van der Waals surface area contributed by atoms with Gasteiger partial charge in [0.2, 0.25) is 6.10 Å². The van der Waals surface area contributed by atoms with Crippen molar-refractivity contribution in [1.82, 2.24) is 0 Å². The second-order valence-electron chi connectivity index (χ2n) is 5.57. The molecule has 0 unspecified atom stereocenters. The van der Waals surface area contributed by atoms with Gasteiger partial charge in [-0.1, -0.05) is 41.4 Å². The third-order valence-corrected chi connectivity index (χ3v) is 4.47. The van der Waals surface area contributed by atoms with Crippen LogP contribution >= 0.6 is 23.2 Å². The molecule has 3 rings (SSSR count). The minimum atomic E-state index is -0.941. The topological polar surface area (TPSA) is 73.9 Å². The Hall–Kier alpha value is -2.44. The van der Waals surface area contributed by atoms with Gasteiger partial charge < -0.3 is 19.5 Å². The lowest BCUT2D eigenvalue weighted by Gasteiger charge is -2.24. The molecule has 8 heteroatoms. The van der Waals surface area contributed by atoms with E-state index >= 15 is 0 Å². The van der Waals surface area contributed by atoms with E-state index in [-0.39, 0.29) is 12.3 Å². The number of amides is 1. The first kappa shape index (κ1) is 18.4. The minimum absolute atomic E-state index is 0.00695. The van der Waals surface area contributed by atoms with Gasteiger partial charge in [0.15, 0.2) is 18.1 Å². The predicted octanol–water partition coefficient (Wildman–Crippen LogP) is 3.62. The van der Waals surface area contributed by atoms with Gasteiger partial charge in [0.05, 0.1) is 15.7 Å². The molecule has 6 nitrogen and oxygen atoms in total. The summed E-state index contributed by atoms with van der Waals surface area (Å²) in [5.41, 5.74) is 1.04. The van der Waals surface area contributed by atoms with Crippen molar-refractivity contribution in [2.24, 2.45) is 0 Å². The second-order valence-corrected chi connectivity index (χ2v) is 6.36. The monoisotopic (exact) mass is 395 g/mol. The van der Waals surface area contributed by atoms with Crippen molar-refractivity contribution in [2.75, 3.05) is 18.5 Å². The Labute approximate surface area is 159 Å². The Morgan fingerprint density at radius 2 is 1.92 bits per heavy atom. The maximum atomic E-state index is 12.1. The van der Waals surface area contributed by atoms with E-state index < -0.39 is 24.6 Å². The molecule has 1 atom stereocenters. The van der Waals surface area contributed by atoms with Crippen LogP contribution in [0.5, 0.6) is 11.5 Å². The van der Waals surface area contributed by atoms with E-state index in [4.69, 9.17) is 37.4 Å². The van der Waals surface area contributed by atoms with E-state index in [1.807, 2.05) is 0 Å². The summed E-state index contributed by atoms with van der Waals surface area (Å²) in [5, 5.41) is 3.16. The number of esters is 1. The molecular weight excluding hydrogens is 381 g/mol. The summed E-state index contributed by atoms with van der Waals surface area (Å²) in [5.74, 6) is -0.262. The SMILES string of the molecule is Cc1ccc(Cl)c(NC(=O)COC(=O)[C@H]2COc3ccccc3O2)c1Cl. The van der Waals surface area contributed by atoms with Crippen LogP contribution in [0.15, 0.2) is 36.4 Å². The molecule has 2 aromatic carbocycles. The number of benzene rings is 2. The molecule has 1 aliphatic rings. The summed E-state index contributed by atoms with van der Waals surface area (Å²) in [7, 11) is 0. The Morgan fingerprint density at radius 3 is 2.69 bits per heavy atom. The molecule has 1 aliphatic heterocycles. The van der Waals surface area contributed by atoms with Crippen LogP contribution in [0.3, 0.4) is 0 Å². The molecule has 1 N–H and O–H groups in total. The Balaban J connectivity index is 1.55. The van der Waals surface area contributed by atoms with Crippen molar-refractivity contribution in [3.8, 4) is 11.5 Å². The molecule has 1 heterocycles. The highest BCUT2D eigenvalue weighted by atomic mass is 35.5. The highest BCUT2D eigenvalue weighted by molar-refractivity contribution is 6.40. The number of para-hydroxylation sites is 2. The van der Waals surface area contributed by atoms with Gasteiger partial charge in [0.25, 0.3) is 5.91 Å². The zero-order valence-electron chi connectivity index (χ0n) is 13.8. The molecule has 0 saturated carbocycles. The maximum absolute atomic E-state index is 12.1. The number of fused-ring (bicyclic) bond motifs is 1. The Kier molecular flexibility index (Phi) is 5.54. The zero-order chi connectivity index (χ0) is 18.7. The van der Waals surface area contributed by atoms with Crippen molar-refractivity contribution in [3.63, 3.8) is 0 Å². The Morgan fingerprint density at radius 1 is 1.19 bits per heavy atom. The fourth-order valence-electron chi connectivity index (χ4n) is 2.31. The fourth-order valence-corrected chi connectivity index (χ4v) is 2.78. The molecule has 0 aromatic heterocycles. The lowest BCUT2D eigenvalue weighted by molar-refractivity contribution is -0.156. The highest BCUT2D eigenvalue weighted by Crippen LogP contribution is 2.33. The van der Waals surface area contributed by atoms with Crippen LogP contribution < -0.4 is 14.8 Å². The van der Waals surface area contributed by atoms with Gasteiger partial charge in [0, 0.05) is 0 Å². The van der Waals surface area contributed by atoms with Crippen molar-refractivity contribution in [3.05, 3.63) is 52.0 Å². The van der Waals surface area contributed by atoms with Gasteiger partial charge in [-0.3, -0.25) is 4.79 Å². The minimum Gasteiger partial charge on any atom is -0.485 e. The van der Waals surface area contributed by atoms with Crippen LogP contribution in [0.25, 0.3) is 0 Å². The van der Waals surface area contributed by atoms with Gasteiger partial charge in [0.1, 0.15) is 6.61 Å². The third kappa shape index (κ3) is 4.03. The number of anilines is 1. The van der Waals surface area contributed by atoms with Crippen molar-refractivity contribution >= 4 is 40.8 Å². The number of ether oxygens (including phenoxy) is 3. The molecule has 0 spiro atoms. The van der Waals surface area contributed by atoms with E-state index in [2.05, 4.69) is 5.32 Å². The first-order valence-corrected chi connectivity index (χ1v) is 8.51. The lowest BCUT2D eigenvalue weighted by atomic mass is 10.2. The van der Waals surface area contributed by atoms with Gasteiger partial charge in [-0.2, -0.15) is 0 Å². The maximum Gasteiger partial charge on any atom is 0.351 e. The molecule has 1 amide bonds. The standard InChI is InChI=1S/C18H15Cl2NO5/c1-10-6-7-11(19)17(16(10)20)21-15(22)9-25-18(23)14-8-24-12-4-2-3-5-13(12)26-14/h2-7,14H,8-9H2,1H3,(H,21,22)/t14-/m1/s1. The summed E-state index contributed by atoms with van der Waals surface area (Å²) in [6.45, 7) is 1.29. The van der Waals surface area contributed by atoms with Gasteiger partial charge in [-0.05, 0) is 30.7 Å². The van der Waals surface area contributed by atoms with E-state index in [0.717, 1.165) is 5.56 Å². The summed E-state index contributed by atoms with van der Waals surface area (Å²) >= 11 is 12.2. The van der Waals surface area contributed by atoms with Crippen molar-refractivity contribution < 1.29 is 23.8 Å². The number of rotatable bonds is 4. The average molecular weight is 396 g/mol. The van der Waals surface area contributed by atoms with E-state index in [1.165, 1.54) is 0 Å². The number of carbonyl (C=O) groups is 2. The molecule has 0 saturated heterocycles. The molecule has 0 fully saturated rings. The van der Waals surface area contributed by atoms with E-state index in [0.29, 0.717) is 21.5 Å². The molecule has 136 valence electrons. The summed E-state index contributed by atoms with van der Waals surface area (Å²) in [6, 6.07) is 10.3. The number of aryl methyl sites for hydroxylation is 1. The fraction of sp³-hybridized carbons (Fsp3) is 0.222. The molecule has 0 bridgehead atoms. The highest BCUT2D eigenvalue weighted by Gasteiger charge is 2.29. The number of hydrogen-bond donors (Lipinski definition) is 1. The molecule has 0 radical (unpaired) electrons. The van der Waals surface area contributed by atoms with E-state index in [1.54, 1.807) is 43.3 Å². The van der Waals surface area contributed by atoms with E-state index in [9.17, 15) is 9.59 Å². The van der Waals surface area contributed by atoms with Crippen LogP contribution in [-0.2, 0) is 14.3 Å². The average Bonchev–Trinajstić information content (AvgIpc) is 2.66. The van der Waals surface area contributed by atoms with Crippen LogP contribution in [0.2, 0.25) is 10.0 Å². The first-order valence-electron chi connectivity index (χ1n) is 7.75. The summed E-state index contributed by atoms with van der Waals surface area (Å²) in [6.07, 6.45) is -0.941. The van der Waals surface area contributed by atoms with Crippen LogP contribution in [-0.4, -0.2) is 31.2 Å². The van der Waals surface area contributed by atoms with Crippen molar-refractivity contribution in [2.45, 2.75) is 13.0 Å². The second kappa shape index (κ2) is 7.85. The van der Waals surface area contributed by atoms with Crippen LogP contribution in [0.1, 0.15) is 5.56 Å². The lowest BCUT2D eigenvalue weighted by Crippen LogP contribution is -2.39. The quantitative estimate of drug-likeness (QED) is 0.800. The van der Waals surface area contributed by atoms with Gasteiger partial charge in [-0.15, -0.1) is 0 Å². The number of hydrogen-bond acceptors (Lipinski definition) is 5. The Bertz CT molecular complexity index is 855. The normalized spacial score (nSPS) is 15.3. The van der Waals surface area contributed by atoms with Gasteiger partial charge >= 0.3 is 5.97 Å². The van der Waals surface area contributed by atoms with Crippen molar-refractivity contribution in [1.29, 1.82) is 0 Å². The van der Waals surface area contributed by atoms with Crippen LogP contribution in [0, 0.1) is 6.92 Å². The first-order chi connectivity index (χ1) is 12.5. The number of nitrogens with one attached hydrogen (secondary N) is 1. The molecule has 0 aliphatic carbocycles. The zero-order valence-corrected chi connectivity index (χ0v) is 15.3. The molecule has 2 aromatic rings. The van der Waals surface area contributed by atoms with Gasteiger partial charge in [-0.25, -0.2) is 4.79 Å². The largest absolute Gasteiger partial charge is 0.485 e.